The smallest absolute Gasteiger partial charge is 0.226 e. The average molecular weight is 276 g/mol. The molecule has 19 heavy (non-hydrogen) atoms. The van der Waals surface area contributed by atoms with Crippen molar-refractivity contribution >= 4 is 23.1 Å². The summed E-state index contributed by atoms with van der Waals surface area (Å²) >= 11 is 4.92. The van der Waals surface area contributed by atoms with E-state index in [1.807, 2.05) is 32.0 Å². The number of rotatable bonds is 5. The van der Waals surface area contributed by atoms with E-state index < -0.39 is 0 Å². The first kappa shape index (κ1) is 14.0. The van der Waals surface area contributed by atoms with E-state index in [-0.39, 0.29) is 17.9 Å². The molecule has 2 unspecified atom stereocenters. The molecule has 0 bridgehead atoms. The van der Waals surface area contributed by atoms with E-state index in [9.17, 15) is 4.79 Å². The van der Waals surface area contributed by atoms with Crippen molar-refractivity contribution in [1.29, 1.82) is 0 Å². The van der Waals surface area contributed by atoms with Gasteiger partial charge in [0.1, 0.15) is 0 Å². The first-order valence-corrected chi connectivity index (χ1v) is 7.05. The first-order valence-electron chi connectivity index (χ1n) is 6.64. The third-order valence-electron chi connectivity index (χ3n) is 3.57. The topological polar surface area (TPSA) is 46.3 Å². The number of nitrogens with zero attached hydrogens (tertiary/aromatic N) is 1. The van der Waals surface area contributed by atoms with E-state index in [1.54, 1.807) is 4.90 Å². The highest BCUT2D eigenvalue weighted by Gasteiger charge is 2.46. The highest BCUT2D eigenvalue weighted by atomic mass is 32.1. The van der Waals surface area contributed by atoms with Crippen LogP contribution in [0.15, 0.2) is 30.3 Å². The summed E-state index contributed by atoms with van der Waals surface area (Å²) < 4.78 is 0. The molecule has 3 nitrogen and oxygen atoms in total. The average Bonchev–Trinajstić information content (AvgIpc) is 3.16. The Morgan fingerprint density at radius 1 is 1.42 bits per heavy atom. The Labute approximate surface area is 119 Å². The molecule has 2 N–H and O–H groups in total. The Morgan fingerprint density at radius 3 is 2.58 bits per heavy atom. The second-order valence-corrected chi connectivity index (χ2v) is 5.91. The number of hydrogen-bond acceptors (Lipinski definition) is 2. The standard InChI is InChI=1S/C15H20N2OS/c1-10(2)17(9-14(16)19)15(18)13-8-12(13)11-6-4-3-5-7-11/h3-7,10,12-13H,8-9H2,1-2H3,(H2,16,19). The number of hydrogen-bond donors (Lipinski definition) is 1. The molecule has 2 rings (SSSR count). The molecule has 2 atom stereocenters. The van der Waals surface area contributed by atoms with E-state index in [0.29, 0.717) is 17.5 Å². The zero-order valence-corrected chi connectivity index (χ0v) is 12.2. The lowest BCUT2D eigenvalue weighted by atomic mass is 10.1. The molecule has 1 aliphatic carbocycles. The molecule has 1 saturated carbocycles. The Morgan fingerprint density at radius 2 is 2.05 bits per heavy atom. The van der Waals surface area contributed by atoms with Crippen LogP contribution in [0, 0.1) is 5.92 Å². The van der Waals surface area contributed by atoms with E-state index in [0.717, 1.165) is 6.42 Å². The molecule has 1 aromatic carbocycles. The molecular formula is C15H20N2OS. The van der Waals surface area contributed by atoms with Crippen LogP contribution in [0.5, 0.6) is 0 Å². The SMILES string of the molecule is CC(C)N(CC(N)=S)C(=O)C1CC1c1ccccc1. The molecule has 0 spiro atoms. The Hall–Kier alpha value is -1.42. The normalized spacial score (nSPS) is 21.2. The van der Waals surface area contributed by atoms with Crippen molar-refractivity contribution in [2.45, 2.75) is 32.2 Å². The monoisotopic (exact) mass is 276 g/mol. The van der Waals surface area contributed by atoms with Crippen LogP contribution >= 0.6 is 12.2 Å². The second-order valence-electron chi connectivity index (χ2n) is 5.39. The predicted octanol–water partition coefficient (Wildman–Crippen LogP) is 2.31. The van der Waals surface area contributed by atoms with Crippen LogP contribution < -0.4 is 5.73 Å². The summed E-state index contributed by atoms with van der Waals surface area (Å²) in [4.78, 5) is 14.6. The van der Waals surface area contributed by atoms with Crippen molar-refractivity contribution < 1.29 is 4.79 Å². The molecule has 1 fully saturated rings. The minimum atomic E-state index is 0.0964. The molecule has 0 aromatic heterocycles. The van der Waals surface area contributed by atoms with Gasteiger partial charge in [0.2, 0.25) is 5.91 Å². The number of nitrogens with two attached hydrogens (primary N) is 1. The van der Waals surface area contributed by atoms with Crippen molar-refractivity contribution in [2.24, 2.45) is 11.7 Å². The molecule has 1 amide bonds. The third-order valence-corrected chi connectivity index (χ3v) is 3.70. The quantitative estimate of drug-likeness (QED) is 0.840. The molecule has 0 heterocycles. The van der Waals surface area contributed by atoms with Crippen LogP contribution in [0.4, 0.5) is 0 Å². The Bertz CT molecular complexity index is 472. The summed E-state index contributed by atoms with van der Waals surface area (Å²) in [6.45, 7) is 4.37. The lowest BCUT2D eigenvalue weighted by Crippen LogP contribution is -2.43. The number of amides is 1. The minimum absolute atomic E-state index is 0.0964. The van der Waals surface area contributed by atoms with Crippen molar-refractivity contribution in [2.75, 3.05) is 6.54 Å². The summed E-state index contributed by atoms with van der Waals surface area (Å²) in [5.41, 5.74) is 6.82. The lowest BCUT2D eigenvalue weighted by Gasteiger charge is -2.26. The summed E-state index contributed by atoms with van der Waals surface area (Å²) in [5.74, 6) is 0.636. The second kappa shape index (κ2) is 5.70. The van der Waals surface area contributed by atoms with Gasteiger partial charge in [-0.2, -0.15) is 0 Å². The molecule has 0 saturated heterocycles. The van der Waals surface area contributed by atoms with E-state index in [4.69, 9.17) is 18.0 Å². The Kier molecular flexibility index (Phi) is 4.20. The van der Waals surface area contributed by atoms with Gasteiger partial charge < -0.3 is 10.6 Å². The third kappa shape index (κ3) is 3.32. The van der Waals surface area contributed by atoms with Crippen LogP contribution in [-0.4, -0.2) is 28.4 Å². The van der Waals surface area contributed by atoms with Gasteiger partial charge in [0.05, 0.1) is 11.5 Å². The maximum absolute atomic E-state index is 12.5. The predicted molar refractivity (Wildman–Crippen MR) is 80.9 cm³/mol. The van der Waals surface area contributed by atoms with Gasteiger partial charge in [-0.05, 0) is 31.7 Å². The fourth-order valence-corrected chi connectivity index (χ4v) is 2.57. The van der Waals surface area contributed by atoms with Crippen LogP contribution in [0.1, 0.15) is 31.7 Å². The van der Waals surface area contributed by atoms with Crippen molar-refractivity contribution in [3.8, 4) is 0 Å². The molecular weight excluding hydrogens is 256 g/mol. The lowest BCUT2D eigenvalue weighted by molar-refractivity contribution is -0.133. The zero-order valence-electron chi connectivity index (χ0n) is 11.4. The van der Waals surface area contributed by atoms with Crippen molar-refractivity contribution in [3.05, 3.63) is 35.9 Å². The largest absolute Gasteiger partial charge is 0.392 e. The van der Waals surface area contributed by atoms with Crippen molar-refractivity contribution in [1.82, 2.24) is 4.90 Å². The van der Waals surface area contributed by atoms with Gasteiger partial charge >= 0.3 is 0 Å². The Balaban J connectivity index is 2.03. The molecule has 4 heteroatoms. The first-order chi connectivity index (χ1) is 9.00. The van der Waals surface area contributed by atoms with Crippen molar-refractivity contribution in [3.63, 3.8) is 0 Å². The summed E-state index contributed by atoms with van der Waals surface area (Å²) in [6.07, 6.45) is 0.934. The van der Waals surface area contributed by atoms with Crippen LogP contribution in [0.2, 0.25) is 0 Å². The molecule has 102 valence electrons. The fourth-order valence-electron chi connectivity index (χ4n) is 2.43. The maximum Gasteiger partial charge on any atom is 0.226 e. The highest BCUT2D eigenvalue weighted by molar-refractivity contribution is 7.80. The van der Waals surface area contributed by atoms with Gasteiger partial charge in [-0.3, -0.25) is 4.79 Å². The van der Waals surface area contributed by atoms with Gasteiger partial charge in [0, 0.05) is 12.0 Å². The van der Waals surface area contributed by atoms with Crippen LogP contribution in [0.25, 0.3) is 0 Å². The fraction of sp³-hybridized carbons (Fsp3) is 0.467. The molecule has 0 radical (unpaired) electrons. The van der Waals surface area contributed by atoms with Gasteiger partial charge in [-0.1, -0.05) is 42.5 Å². The molecule has 1 aliphatic rings. The van der Waals surface area contributed by atoms with Crippen LogP contribution in [-0.2, 0) is 4.79 Å². The van der Waals surface area contributed by atoms with E-state index in [2.05, 4.69) is 12.1 Å². The molecule has 1 aromatic rings. The minimum Gasteiger partial charge on any atom is -0.392 e. The van der Waals surface area contributed by atoms with Gasteiger partial charge in [0.25, 0.3) is 0 Å². The van der Waals surface area contributed by atoms with Gasteiger partial charge in [0.15, 0.2) is 0 Å². The highest BCUT2D eigenvalue weighted by Crippen LogP contribution is 2.48. The number of carbonyl (C=O) groups is 1. The van der Waals surface area contributed by atoms with Gasteiger partial charge in [-0.25, -0.2) is 0 Å². The summed E-state index contributed by atoms with van der Waals surface area (Å²) in [6, 6.07) is 10.3. The number of thiocarbonyl (C=S) groups is 1. The molecule has 0 aliphatic heterocycles. The van der Waals surface area contributed by atoms with Crippen LogP contribution in [0.3, 0.4) is 0 Å². The van der Waals surface area contributed by atoms with Gasteiger partial charge in [-0.15, -0.1) is 0 Å². The maximum atomic E-state index is 12.5. The summed E-state index contributed by atoms with van der Waals surface area (Å²) in [5, 5.41) is 0. The number of benzene rings is 1. The number of carbonyl (C=O) groups excluding carboxylic acids is 1. The van der Waals surface area contributed by atoms with E-state index >= 15 is 0 Å². The van der Waals surface area contributed by atoms with E-state index in [1.165, 1.54) is 5.56 Å². The summed E-state index contributed by atoms with van der Waals surface area (Å²) in [7, 11) is 0. The zero-order chi connectivity index (χ0) is 14.0.